The normalized spacial score (nSPS) is 17.7. The molecule has 0 radical (unpaired) electrons. The molecule has 1 heterocycles. The number of likely N-dealkylation sites (N-methyl/N-ethyl adjacent to an activating group) is 1. The van der Waals surface area contributed by atoms with Gasteiger partial charge >= 0.3 is 5.97 Å². The molecule has 4 N–H and O–H groups in total. The smallest absolute Gasteiger partial charge is 0.337 e. The Kier molecular flexibility index (Phi) is 4.15. The molecule has 1 aromatic rings. The first kappa shape index (κ1) is 14.6. The maximum atomic E-state index is 11.3. The summed E-state index contributed by atoms with van der Waals surface area (Å²) < 4.78 is 5.24. The maximum absolute atomic E-state index is 11.3. The van der Waals surface area contributed by atoms with Crippen molar-refractivity contribution in [1.82, 2.24) is 0 Å². The number of carboxylic acid groups (broad SMARTS) is 1. The van der Waals surface area contributed by atoms with E-state index in [1.54, 1.807) is 24.1 Å². The molecule has 0 aromatic heterocycles. The Morgan fingerprint density at radius 1 is 1.45 bits per heavy atom. The average Bonchev–Trinajstić information content (AvgIpc) is 2.38. The van der Waals surface area contributed by atoms with Gasteiger partial charge in [0.2, 0.25) is 0 Å². The Morgan fingerprint density at radius 3 is 2.70 bits per heavy atom. The number of aliphatic hydroxyl groups is 1. The van der Waals surface area contributed by atoms with E-state index in [0.717, 1.165) is 0 Å². The minimum atomic E-state index is -1.03. The molecule has 0 aliphatic carbocycles. The number of para-hydroxylation sites is 1. The highest BCUT2D eigenvalue weighted by molar-refractivity contribution is 5.97. The summed E-state index contributed by atoms with van der Waals surface area (Å²) in [5.41, 5.74) is 6.00. The zero-order valence-electron chi connectivity index (χ0n) is 11.5. The second-order valence-electron chi connectivity index (χ2n) is 5.24. The molecule has 6 heteroatoms. The van der Waals surface area contributed by atoms with Gasteiger partial charge in [0, 0.05) is 39.6 Å². The largest absolute Gasteiger partial charge is 0.478 e. The summed E-state index contributed by atoms with van der Waals surface area (Å²) >= 11 is 0. The average molecular weight is 280 g/mol. The van der Waals surface area contributed by atoms with E-state index in [1.165, 1.54) is 6.07 Å². The van der Waals surface area contributed by atoms with Gasteiger partial charge in [-0.15, -0.1) is 0 Å². The molecule has 1 aromatic carbocycles. The van der Waals surface area contributed by atoms with Gasteiger partial charge in [0.25, 0.3) is 0 Å². The topological polar surface area (TPSA) is 96.0 Å². The third-order valence-corrected chi connectivity index (χ3v) is 3.63. The summed E-state index contributed by atoms with van der Waals surface area (Å²) in [6.45, 7) is 1.35. The van der Waals surface area contributed by atoms with Gasteiger partial charge in [0.15, 0.2) is 0 Å². The van der Waals surface area contributed by atoms with E-state index in [4.69, 9.17) is 10.5 Å². The lowest BCUT2D eigenvalue weighted by Crippen LogP contribution is -2.46. The third-order valence-electron chi connectivity index (χ3n) is 3.63. The molecule has 20 heavy (non-hydrogen) atoms. The number of hydrogen-bond acceptors (Lipinski definition) is 5. The van der Waals surface area contributed by atoms with Crippen LogP contribution in [0.3, 0.4) is 0 Å². The number of carboxylic acids is 1. The van der Waals surface area contributed by atoms with Gasteiger partial charge in [0.1, 0.15) is 0 Å². The predicted octanol–water partition coefficient (Wildman–Crippen LogP) is 0.945. The van der Waals surface area contributed by atoms with Gasteiger partial charge in [-0.3, -0.25) is 0 Å². The van der Waals surface area contributed by atoms with Crippen molar-refractivity contribution in [2.45, 2.75) is 18.4 Å². The van der Waals surface area contributed by atoms with Crippen molar-refractivity contribution >= 4 is 17.3 Å². The first-order valence-corrected chi connectivity index (χ1v) is 6.56. The number of anilines is 2. The van der Waals surface area contributed by atoms with E-state index in [1.807, 2.05) is 0 Å². The Hall–Kier alpha value is -1.79. The second kappa shape index (κ2) is 5.68. The van der Waals surface area contributed by atoms with Gasteiger partial charge in [0.05, 0.1) is 22.5 Å². The molecular formula is C14H20N2O4. The Bertz CT molecular complexity index is 498. The van der Waals surface area contributed by atoms with Crippen LogP contribution in [0.1, 0.15) is 23.2 Å². The monoisotopic (exact) mass is 280 g/mol. The van der Waals surface area contributed by atoms with Crippen LogP contribution in [0.15, 0.2) is 18.2 Å². The molecule has 0 atom stereocenters. The highest BCUT2D eigenvalue weighted by Crippen LogP contribution is 2.30. The SMILES string of the molecule is CN(CC1(O)CCOCC1)c1c(N)cccc1C(=O)O. The molecule has 0 bridgehead atoms. The molecule has 1 aliphatic heterocycles. The fourth-order valence-corrected chi connectivity index (χ4v) is 2.59. The Labute approximate surface area is 117 Å². The van der Waals surface area contributed by atoms with E-state index < -0.39 is 11.6 Å². The van der Waals surface area contributed by atoms with Crippen molar-refractivity contribution in [3.63, 3.8) is 0 Å². The standard InChI is InChI=1S/C14H20N2O4/c1-16(9-14(19)5-7-20-8-6-14)12-10(13(17)18)3-2-4-11(12)15/h2-4,19H,5-9,15H2,1H3,(H,17,18). The zero-order chi connectivity index (χ0) is 14.8. The van der Waals surface area contributed by atoms with Crippen LogP contribution in [0, 0.1) is 0 Å². The number of aromatic carboxylic acids is 1. The first-order valence-electron chi connectivity index (χ1n) is 6.56. The number of nitrogen functional groups attached to an aromatic ring is 1. The van der Waals surface area contributed by atoms with E-state index in [2.05, 4.69) is 0 Å². The van der Waals surface area contributed by atoms with Crippen molar-refractivity contribution in [1.29, 1.82) is 0 Å². The Balaban J connectivity index is 2.24. The van der Waals surface area contributed by atoms with Gasteiger partial charge in [-0.1, -0.05) is 6.07 Å². The molecule has 1 fully saturated rings. The highest BCUT2D eigenvalue weighted by Gasteiger charge is 2.32. The number of hydrogen-bond donors (Lipinski definition) is 3. The summed E-state index contributed by atoms with van der Waals surface area (Å²) in [6, 6.07) is 4.78. The van der Waals surface area contributed by atoms with E-state index >= 15 is 0 Å². The number of nitrogens with two attached hydrogens (primary N) is 1. The van der Waals surface area contributed by atoms with Gasteiger partial charge in [-0.05, 0) is 12.1 Å². The van der Waals surface area contributed by atoms with Crippen molar-refractivity contribution in [3.8, 4) is 0 Å². The summed E-state index contributed by atoms with van der Waals surface area (Å²) in [5, 5.41) is 19.8. The maximum Gasteiger partial charge on any atom is 0.337 e. The summed E-state index contributed by atoms with van der Waals surface area (Å²) in [7, 11) is 1.74. The van der Waals surface area contributed by atoms with Crippen LogP contribution in [0.5, 0.6) is 0 Å². The first-order chi connectivity index (χ1) is 9.43. The van der Waals surface area contributed by atoms with E-state index in [0.29, 0.717) is 44.0 Å². The van der Waals surface area contributed by atoms with E-state index in [-0.39, 0.29) is 5.56 Å². The fraction of sp³-hybridized carbons (Fsp3) is 0.500. The van der Waals surface area contributed by atoms with Crippen LogP contribution >= 0.6 is 0 Å². The van der Waals surface area contributed by atoms with Gasteiger partial charge in [-0.25, -0.2) is 4.79 Å². The second-order valence-corrected chi connectivity index (χ2v) is 5.24. The number of rotatable bonds is 4. The number of carbonyl (C=O) groups is 1. The van der Waals surface area contributed by atoms with Crippen LogP contribution in [0.4, 0.5) is 11.4 Å². The molecule has 0 spiro atoms. The minimum Gasteiger partial charge on any atom is -0.478 e. The molecule has 0 unspecified atom stereocenters. The number of nitrogens with zero attached hydrogens (tertiary/aromatic N) is 1. The number of ether oxygens (including phenoxy) is 1. The fourth-order valence-electron chi connectivity index (χ4n) is 2.59. The van der Waals surface area contributed by atoms with Crippen molar-refractivity contribution in [2.75, 3.05) is 37.4 Å². The lowest BCUT2D eigenvalue weighted by atomic mass is 9.93. The van der Waals surface area contributed by atoms with Gasteiger partial charge < -0.3 is 25.6 Å². The van der Waals surface area contributed by atoms with Crippen LogP contribution in [-0.2, 0) is 4.74 Å². The minimum absolute atomic E-state index is 0.142. The van der Waals surface area contributed by atoms with Crippen LogP contribution in [0.2, 0.25) is 0 Å². The molecule has 0 saturated carbocycles. The van der Waals surface area contributed by atoms with E-state index in [9.17, 15) is 15.0 Å². The van der Waals surface area contributed by atoms with Crippen LogP contribution < -0.4 is 10.6 Å². The van der Waals surface area contributed by atoms with Crippen LogP contribution in [0.25, 0.3) is 0 Å². The molecule has 1 saturated heterocycles. The van der Waals surface area contributed by atoms with Crippen molar-refractivity contribution in [3.05, 3.63) is 23.8 Å². The van der Waals surface area contributed by atoms with Crippen molar-refractivity contribution < 1.29 is 19.7 Å². The molecule has 6 nitrogen and oxygen atoms in total. The highest BCUT2D eigenvalue weighted by atomic mass is 16.5. The lowest BCUT2D eigenvalue weighted by molar-refractivity contribution is -0.0572. The molecule has 2 rings (SSSR count). The lowest BCUT2D eigenvalue weighted by Gasteiger charge is -2.36. The van der Waals surface area contributed by atoms with Crippen LogP contribution in [-0.4, -0.2) is 48.6 Å². The summed E-state index contributed by atoms with van der Waals surface area (Å²) in [4.78, 5) is 13.0. The predicted molar refractivity (Wildman–Crippen MR) is 76.1 cm³/mol. The quantitative estimate of drug-likeness (QED) is 0.710. The summed E-state index contributed by atoms with van der Waals surface area (Å²) in [6.07, 6.45) is 1.07. The third kappa shape index (κ3) is 3.02. The summed E-state index contributed by atoms with van der Waals surface area (Å²) in [5.74, 6) is -1.03. The van der Waals surface area contributed by atoms with Gasteiger partial charge in [-0.2, -0.15) is 0 Å². The molecular weight excluding hydrogens is 260 g/mol. The number of benzene rings is 1. The molecule has 110 valence electrons. The zero-order valence-corrected chi connectivity index (χ0v) is 11.5. The van der Waals surface area contributed by atoms with Crippen molar-refractivity contribution in [2.24, 2.45) is 0 Å². The molecule has 0 amide bonds. The Morgan fingerprint density at radius 2 is 2.10 bits per heavy atom. The molecule has 1 aliphatic rings.